The third kappa shape index (κ3) is 6.31. The van der Waals surface area contributed by atoms with Crippen molar-refractivity contribution in [3.8, 4) is 17.2 Å². The Hall–Kier alpha value is -3.56. The number of rotatable bonds is 7. The molecule has 0 N–H and O–H groups in total. The van der Waals surface area contributed by atoms with Crippen LogP contribution in [0.2, 0.25) is 0 Å². The van der Waals surface area contributed by atoms with Crippen molar-refractivity contribution >= 4 is 11.9 Å². The average molecular weight is 400 g/mol. The van der Waals surface area contributed by atoms with Gasteiger partial charge in [-0.05, 0) is 36.4 Å². The molecule has 0 saturated carbocycles. The van der Waals surface area contributed by atoms with E-state index < -0.39 is 29.9 Å². The summed E-state index contributed by atoms with van der Waals surface area (Å²) in [5.41, 5.74) is 0.0615. The number of hydrogen-bond donors (Lipinski definition) is 0. The summed E-state index contributed by atoms with van der Waals surface area (Å²) in [6.45, 7) is 2.85. The van der Waals surface area contributed by atoms with Gasteiger partial charge >= 0.3 is 18.3 Å². The third-order valence-corrected chi connectivity index (χ3v) is 3.02. The zero-order valence-corrected chi connectivity index (χ0v) is 14.0. The van der Waals surface area contributed by atoms with Crippen molar-refractivity contribution in [2.45, 2.75) is 6.36 Å². The lowest BCUT2D eigenvalue weighted by atomic mass is 10.2. The SMILES string of the molecule is C=CC(=O)OCOc1ccc(C(=O)Oc2ccc(OC(F)(F)F)c(F)c2)cc1. The molecule has 0 aromatic heterocycles. The van der Waals surface area contributed by atoms with Crippen LogP contribution in [-0.2, 0) is 9.53 Å². The van der Waals surface area contributed by atoms with Crippen LogP contribution in [-0.4, -0.2) is 25.1 Å². The predicted molar refractivity (Wildman–Crippen MR) is 86.3 cm³/mol. The molecule has 0 unspecified atom stereocenters. The lowest BCUT2D eigenvalue weighted by Gasteiger charge is -2.11. The van der Waals surface area contributed by atoms with Crippen molar-refractivity contribution in [3.63, 3.8) is 0 Å². The minimum absolute atomic E-state index is 0.0615. The molecule has 6 nitrogen and oxygen atoms in total. The molecular formula is C18H12F4O6. The van der Waals surface area contributed by atoms with E-state index in [0.717, 1.165) is 12.1 Å². The molecule has 0 aliphatic heterocycles. The third-order valence-electron chi connectivity index (χ3n) is 3.02. The molecule has 0 aliphatic rings. The second kappa shape index (κ2) is 8.89. The van der Waals surface area contributed by atoms with Gasteiger partial charge in [-0.15, -0.1) is 13.2 Å². The lowest BCUT2D eigenvalue weighted by molar-refractivity contribution is -0.275. The highest BCUT2D eigenvalue weighted by Crippen LogP contribution is 2.28. The molecule has 0 amide bonds. The van der Waals surface area contributed by atoms with E-state index in [0.29, 0.717) is 12.1 Å². The van der Waals surface area contributed by atoms with Crippen molar-refractivity contribution in [2.75, 3.05) is 6.79 Å². The summed E-state index contributed by atoms with van der Waals surface area (Å²) < 4.78 is 68.0. The van der Waals surface area contributed by atoms with Crippen molar-refractivity contribution in [1.29, 1.82) is 0 Å². The number of carbonyl (C=O) groups is 2. The molecule has 0 aliphatic carbocycles. The summed E-state index contributed by atoms with van der Waals surface area (Å²) in [6, 6.07) is 7.65. The van der Waals surface area contributed by atoms with Gasteiger partial charge in [-0.25, -0.2) is 14.0 Å². The Kier molecular flexibility index (Phi) is 6.59. The number of hydrogen-bond acceptors (Lipinski definition) is 6. The quantitative estimate of drug-likeness (QED) is 0.230. The number of esters is 2. The fraction of sp³-hybridized carbons (Fsp3) is 0.111. The highest BCUT2D eigenvalue weighted by Gasteiger charge is 2.32. The Morgan fingerprint density at radius 2 is 1.68 bits per heavy atom. The highest BCUT2D eigenvalue weighted by molar-refractivity contribution is 5.91. The summed E-state index contributed by atoms with van der Waals surface area (Å²) in [6.07, 6.45) is -4.08. The van der Waals surface area contributed by atoms with E-state index in [1.54, 1.807) is 0 Å². The Bertz CT molecular complexity index is 861. The van der Waals surface area contributed by atoms with Crippen LogP contribution < -0.4 is 14.2 Å². The first-order chi connectivity index (χ1) is 13.2. The van der Waals surface area contributed by atoms with Gasteiger partial charge in [0.05, 0.1) is 5.56 Å². The molecule has 0 saturated heterocycles. The number of halogens is 4. The van der Waals surface area contributed by atoms with Gasteiger partial charge in [-0.1, -0.05) is 6.58 Å². The van der Waals surface area contributed by atoms with Gasteiger partial charge in [0, 0.05) is 12.1 Å². The molecule has 10 heteroatoms. The van der Waals surface area contributed by atoms with Crippen molar-refractivity contribution in [1.82, 2.24) is 0 Å². The molecule has 0 radical (unpaired) electrons. The van der Waals surface area contributed by atoms with E-state index in [2.05, 4.69) is 16.1 Å². The molecule has 2 rings (SSSR count). The van der Waals surface area contributed by atoms with Gasteiger partial charge in [0.15, 0.2) is 11.6 Å². The van der Waals surface area contributed by atoms with Crippen LogP contribution in [0, 0.1) is 5.82 Å². The Labute approximate surface area is 155 Å². The Morgan fingerprint density at radius 1 is 1.04 bits per heavy atom. The molecule has 0 heterocycles. The summed E-state index contributed by atoms with van der Waals surface area (Å²) in [4.78, 5) is 22.9. The van der Waals surface area contributed by atoms with E-state index in [1.165, 1.54) is 24.3 Å². The van der Waals surface area contributed by atoms with E-state index in [9.17, 15) is 27.2 Å². The fourth-order valence-corrected chi connectivity index (χ4v) is 1.82. The molecule has 0 fully saturated rings. The summed E-state index contributed by atoms with van der Waals surface area (Å²) in [5.74, 6) is -3.97. The zero-order valence-electron chi connectivity index (χ0n) is 14.0. The first-order valence-corrected chi connectivity index (χ1v) is 7.47. The van der Waals surface area contributed by atoms with Crippen LogP contribution in [0.3, 0.4) is 0 Å². The molecule has 2 aromatic carbocycles. The fourth-order valence-electron chi connectivity index (χ4n) is 1.82. The topological polar surface area (TPSA) is 71.1 Å². The largest absolute Gasteiger partial charge is 0.573 e. The van der Waals surface area contributed by atoms with Crippen molar-refractivity contribution in [3.05, 3.63) is 66.5 Å². The maximum atomic E-state index is 13.6. The van der Waals surface area contributed by atoms with Gasteiger partial charge in [0.2, 0.25) is 6.79 Å². The van der Waals surface area contributed by atoms with Crippen LogP contribution in [0.4, 0.5) is 17.6 Å². The lowest BCUT2D eigenvalue weighted by Crippen LogP contribution is -2.18. The second-order valence-electron chi connectivity index (χ2n) is 4.98. The molecular weight excluding hydrogens is 388 g/mol. The van der Waals surface area contributed by atoms with Crippen LogP contribution in [0.25, 0.3) is 0 Å². The van der Waals surface area contributed by atoms with Crippen LogP contribution in [0.5, 0.6) is 17.2 Å². The predicted octanol–water partition coefficient (Wildman–Crippen LogP) is 4.01. The van der Waals surface area contributed by atoms with Gasteiger partial charge in [-0.3, -0.25) is 0 Å². The molecule has 2 aromatic rings. The number of ether oxygens (including phenoxy) is 4. The average Bonchev–Trinajstić information content (AvgIpc) is 2.63. The van der Waals surface area contributed by atoms with Crippen LogP contribution in [0.1, 0.15) is 10.4 Å². The normalized spacial score (nSPS) is 10.7. The summed E-state index contributed by atoms with van der Waals surface area (Å²) >= 11 is 0. The maximum absolute atomic E-state index is 13.6. The summed E-state index contributed by atoms with van der Waals surface area (Å²) in [7, 11) is 0. The number of carbonyl (C=O) groups excluding carboxylic acids is 2. The van der Waals surface area contributed by atoms with E-state index >= 15 is 0 Å². The van der Waals surface area contributed by atoms with Gasteiger partial charge < -0.3 is 18.9 Å². The monoisotopic (exact) mass is 400 g/mol. The minimum atomic E-state index is -5.05. The van der Waals surface area contributed by atoms with Gasteiger partial charge in [-0.2, -0.15) is 0 Å². The molecule has 0 spiro atoms. The number of benzene rings is 2. The van der Waals surface area contributed by atoms with Crippen molar-refractivity contribution < 1.29 is 46.1 Å². The molecule has 0 atom stereocenters. The Balaban J connectivity index is 1.96. The van der Waals surface area contributed by atoms with E-state index in [1.807, 2.05) is 0 Å². The Morgan fingerprint density at radius 3 is 2.25 bits per heavy atom. The van der Waals surface area contributed by atoms with Crippen LogP contribution >= 0.6 is 0 Å². The zero-order chi connectivity index (χ0) is 20.7. The summed E-state index contributed by atoms with van der Waals surface area (Å²) in [5, 5.41) is 0. The van der Waals surface area contributed by atoms with Crippen molar-refractivity contribution in [2.24, 2.45) is 0 Å². The van der Waals surface area contributed by atoms with E-state index in [4.69, 9.17) is 9.47 Å². The second-order valence-corrected chi connectivity index (χ2v) is 4.98. The van der Waals surface area contributed by atoms with Gasteiger partial charge in [0.25, 0.3) is 0 Å². The maximum Gasteiger partial charge on any atom is 0.573 e. The van der Waals surface area contributed by atoms with Crippen LogP contribution in [0.15, 0.2) is 55.1 Å². The van der Waals surface area contributed by atoms with E-state index in [-0.39, 0.29) is 23.9 Å². The number of alkyl halides is 3. The van der Waals surface area contributed by atoms with Gasteiger partial charge in [0.1, 0.15) is 11.5 Å². The highest BCUT2D eigenvalue weighted by atomic mass is 19.4. The first kappa shape index (κ1) is 20.7. The molecule has 0 bridgehead atoms. The molecule has 28 heavy (non-hydrogen) atoms. The minimum Gasteiger partial charge on any atom is -0.457 e. The smallest absolute Gasteiger partial charge is 0.457 e. The standard InChI is InChI=1S/C18H12F4O6/c1-2-16(23)26-10-25-12-5-3-11(4-6-12)17(24)27-13-7-8-15(14(19)9-13)28-18(20,21)22/h2-9H,1,10H2. The first-order valence-electron chi connectivity index (χ1n) is 7.47. The molecule has 148 valence electrons.